The topological polar surface area (TPSA) is 0 Å². The molecule has 1 aliphatic carbocycles. The van der Waals surface area contributed by atoms with Crippen molar-refractivity contribution < 1.29 is 0 Å². The Hall–Kier alpha value is -1.82. The molecule has 0 nitrogen and oxygen atoms in total. The molecule has 0 bridgehead atoms. The summed E-state index contributed by atoms with van der Waals surface area (Å²) in [6, 6.07) is 13.1. The fourth-order valence-corrected chi connectivity index (χ4v) is 2.39. The lowest BCUT2D eigenvalue weighted by atomic mass is 9.92. The summed E-state index contributed by atoms with van der Waals surface area (Å²) >= 11 is 0. The molecular weight excluding hydrogens is 252 g/mol. The normalized spacial score (nSPS) is 13.6. The Morgan fingerprint density at radius 2 is 1.29 bits per heavy atom. The molecule has 0 aromatic heterocycles. The van der Waals surface area contributed by atoms with E-state index in [1.807, 2.05) is 0 Å². The number of rotatable bonds is 0. The smallest absolute Gasteiger partial charge is 0.00167 e. The van der Waals surface area contributed by atoms with Crippen LogP contribution in [0.5, 0.6) is 0 Å². The fourth-order valence-electron chi connectivity index (χ4n) is 2.39. The maximum Gasteiger partial charge on any atom is 0.00167 e. The van der Waals surface area contributed by atoms with Gasteiger partial charge < -0.3 is 0 Å². The molecule has 0 spiro atoms. The minimum Gasteiger partial charge on any atom is -0.0776 e. The molecule has 3 rings (SSSR count). The predicted octanol–water partition coefficient (Wildman–Crippen LogP) is 5.54. The third-order valence-corrected chi connectivity index (χ3v) is 3.28. The monoisotopic (exact) mass is 284 g/mol. The first-order valence-corrected chi connectivity index (χ1v) is 6.05. The molecule has 0 heteroatoms. The van der Waals surface area contributed by atoms with E-state index in [-0.39, 0.29) is 35.1 Å². The molecule has 0 saturated carbocycles. The number of hydrogen-bond acceptors (Lipinski definition) is 0. The van der Waals surface area contributed by atoms with E-state index in [9.17, 15) is 0 Å². The largest absolute Gasteiger partial charge is 0.0776 e. The molecule has 0 unspecified atom stereocenters. The summed E-state index contributed by atoms with van der Waals surface area (Å²) in [7, 11) is 0. The fraction of sp³-hybridized carbons (Fsp3) is 0.333. The van der Waals surface area contributed by atoms with Crippen LogP contribution in [0.3, 0.4) is 0 Å². The summed E-state index contributed by atoms with van der Waals surface area (Å²) in [4.78, 5) is 0. The Balaban J connectivity index is 0. The second-order valence-corrected chi connectivity index (χ2v) is 5.32. The zero-order valence-corrected chi connectivity index (χ0v) is 10.3. The first-order valence-electron chi connectivity index (χ1n) is 6.05. The third kappa shape index (κ3) is 4.32. The van der Waals surface area contributed by atoms with E-state index in [1.165, 1.54) is 21.2 Å². The number of fused-ring (bicyclic) bond motifs is 2. The lowest BCUT2D eigenvalue weighted by Gasteiger charge is -2.13. The third-order valence-electron chi connectivity index (χ3n) is 3.28. The summed E-state index contributed by atoms with van der Waals surface area (Å²) in [5.74, 6) is 0. The van der Waals surface area contributed by atoms with Crippen molar-refractivity contribution in [1.29, 1.82) is 0 Å². The average molecular weight is 284 g/mol. The SMILES string of the molecule is C.C.C.C.CC1(C)C=CC=c2cc3ccccc3cc2=C1. The van der Waals surface area contributed by atoms with Gasteiger partial charge in [0.25, 0.3) is 0 Å². The van der Waals surface area contributed by atoms with Crippen molar-refractivity contribution in [3.8, 4) is 0 Å². The zero-order chi connectivity index (χ0) is 11.9. The van der Waals surface area contributed by atoms with Crippen LogP contribution in [0.15, 0.2) is 48.6 Å². The molecule has 21 heavy (non-hydrogen) atoms. The lowest BCUT2D eigenvalue weighted by Crippen LogP contribution is -2.25. The van der Waals surface area contributed by atoms with Crippen LogP contribution in [-0.2, 0) is 0 Å². The van der Waals surface area contributed by atoms with E-state index in [0.717, 1.165) is 0 Å². The maximum atomic E-state index is 2.34. The average Bonchev–Trinajstić information content (AvgIpc) is 2.42. The summed E-state index contributed by atoms with van der Waals surface area (Å²) in [5.41, 5.74) is 0.129. The lowest BCUT2D eigenvalue weighted by molar-refractivity contribution is 0.671. The molecule has 0 radical (unpaired) electrons. The highest BCUT2D eigenvalue weighted by molar-refractivity contribution is 5.83. The molecule has 0 atom stereocenters. The van der Waals surface area contributed by atoms with E-state index in [1.54, 1.807) is 0 Å². The van der Waals surface area contributed by atoms with Gasteiger partial charge in [0.15, 0.2) is 0 Å². The van der Waals surface area contributed by atoms with Crippen LogP contribution in [0.1, 0.15) is 43.6 Å². The van der Waals surface area contributed by atoms with E-state index < -0.39 is 0 Å². The van der Waals surface area contributed by atoms with Crippen molar-refractivity contribution in [1.82, 2.24) is 0 Å². The standard InChI is InChI=1S/C17H16.4CH4/c1-17(2)9-5-8-15-10-13-6-3-4-7-14(13)11-16(15)12-17;;;;/h3-12H,1-2H3;4*1H4. The van der Waals surface area contributed by atoms with Gasteiger partial charge in [-0.3, -0.25) is 0 Å². The highest BCUT2D eigenvalue weighted by Gasteiger charge is 2.10. The molecule has 2 aromatic carbocycles. The molecule has 2 aromatic rings. The quantitative estimate of drug-likeness (QED) is 0.595. The molecule has 0 N–H and O–H groups in total. The van der Waals surface area contributed by atoms with Crippen LogP contribution in [0.25, 0.3) is 22.9 Å². The Bertz CT molecular complexity index is 715. The summed E-state index contributed by atoms with van der Waals surface area (Å²) in [5, 5.41) is 5.27. The second-order valence-electron chi connectivity index (χ2n) is 5.32. The molecule has 0 aliphatic heterocycles. The van der Waals surface area contributed by atoms with Gasteiger partial charge in [-0.25, -0.2) is 0 Å². The molecule has 0 heterocycles. The highest BCUT2D eigenvalue weighted by atomic mass is 14.1. The summed E-state index contributed by atoms with van der Waals surface area (Å²) in [6.45, 7) is 4.48. The van der Waals surface area contributed by atoms with Gasteiger partial charge >= 0.3 is 0 Å². The van der Waals surface area contributed by atoms with Gasteiger partial charge in [-0.1, -0.05) is 92.1 Å². The van der Waals surface area contributed by atoms with Crippen LogP contribution >= 0.6 is 0 Å². The first-order chi connectivity index (χ1) is 8.14. The van der Waals surface area contributed by atoms with Crippen molar-refractivity contribution in [3.05, 3.63) is 59.0 Å². The highest BCUT2D eigenvalue weighted by Crippen LogP contribution is 2.20. The van der Waals surface area contributed by atoms with Crippen molar-refractivity contribution >= 4 is 22.9 Å². The van der Waals surface area contributed by atoms with E-state index in [0.29, 0.717) is 0 Å². The van der Waals surface area contributed by atoms with Crippen molar-refractivity contribution in [3.63, 3.8) is 0 Å². The Morgan fingerprint density at radius 1 is 0.762 bits per heavy atom. The zero-order valence-electron chi connectivity index (χ0n) is 10.3. The minimum atomic E-state index is 0. The van der Waals surface area contributed by atoms with Gasteiger partial charge in [-0.15, -0.1) is 0 Å². The van der Waals surface area contributed by atoms with Crippen molar-refractivity contribution in [2.24, 2.45) is 5.41 Å². The first kappa shape index (κ1) is 21.5. The Kier molecular flexibility index (Phi) is 8.01. The van der Waals surface area contributed by atoms with Gasteiger partial charge in [0.1, 0.15) is 0 Å². The number of allylic oxidation sites excluding steroid dienone is 2. The minimum absolute atomic E-state index is 0. The van der Waals surface area contributed by atoms with E-state index in [2.05, 4.69) is 74.5 Å². The van der Waals surface area contributed by atoms with Crippen LogP contribution in [0.2, 0.25) is 0 Å². The Morgan fingerprint density at radius 3 is 1.86 bits per heavy atom. The van der Waals surface area contributed by atoms with Crippen LogP contribution in [0.4, 0.5) is 0 Å². The van der Waals surface area contributed by atoms with Gasteiger partial charge in [0.05, 0.1) is 0 Å². The van der Waals surface area contributed by atoms with Crippen molar-refractivity contribution in [2.75, 3.05) is 0 Å². The molecule has 116 valence electrons. The summed E-state index contributed by atoms with van der Waals surface area (Å²) in [6.07, 6.45) is 8.95. The number of hydrogen-bond donors (Lipinski definition) is 0. The van der Waals surface area contributed by atoms with Gasteiger partial charge in [0.2, 0.25) is 0 Å². The second kappa shape index (κ2) is 7.83. The van der Waals surface area contributed by atoms with Gasteiger partial charge in [-0.05, 0) is 33.3 Å². The van der Waals surface area contributed by atoms with Gasteiger partial charge in [0, 0.05) is 5.41 Å². The molecule has 1 aliphatic rings. The molecule has 0 fully saturated rings. The van der Waals surface area contributed by atoms with E-state index >= 15 is 0 Å². The maximum absolute atomic E-state index is 2.34. The molecular formula is C21H32. The molecule has 0 saturated heterocycles. The summed E-state index contributed by atoms with van der Waals surface area (Å²) < 4.78 is 0. The van der Waals surface area contributed by atoms with Crippen molar-refractivity contribution in [2.45, 2.75) is 43.6 Å². The number of benzene rings is 2. The van der Waals surface area contributed by atoms with E-state index in [4.69, 9.17) is 0 Å². The Labute approximate surface area is 131 Å². The predicted molar refractivity (Wildman–Crippen MR) is 102 cm³/mol. The van der Waals surface area contributed by atoms with Crippen LogP contribution < -0.4 is 10.4 Å². The van der Waals surface area contributed by atoms with Crippen LogP contribution in [0, 0.1) is 5.41 Å². The molecule has 0 amide bonds. The van der Waals surface area contributed by atoms with Gasteiger partial charge in [-0.2, -0.15) is 0 Å². The van der Waals surface area contributed by atoms with Crippen LogP contribution in [-0.4, -0.2) is 0 Å².